The lowest BCUT2D eigenvalue weighted by Gasteiger charge is -2.07. The molecule has 21 nitrogen and oxygen atoms in total. The Labute approximate surface area is 330 Å². The summed E-state index contributed by atoms with van der Waals surface area (Å²) in [6.07, 6.45) is 0. The maximum Gasteiger partial charge on any atom is 0.281 e. The minimum absolute atomic E-state index is 0.0134. The standard InChI is InChI=1S/C18H14N8O4S.C18H13N5O4S/c1-9-7-10(15-20-23-24-21-15)3-6-14(9)31(28,29)18-16-19-17(27)12-5-4-11(30-2)8-13(12)26(16)25-22-18;1-10-7-11(9-19)3-6-15(10)28(25,26)18-16-20-17(24)13-5-4-12(27-2)8-14(13)23(16)22-21-18/h3-8,25H,1-2H3,(H,20,21,23,24);3-8,22H,1-2H3. The second-order valence-corrected chi connectivity index (χ2v) is 16.4. The number of rotatable bonds is 7. The lowest BCUT2D eigenvalue weighted by Crippen LogP contribution is -2.12. The number of nitrogens with zero attached hydrogens (tertiary/aromatic N) is 10. The Kier molecular flexibility index (Phi) is 9.21. The molecular formula is C36H27N13O8S2. The summed E-state index contributed by atoms with van der Waals surface area (Å²) in [7, 11) is -5.21. The number of methoxy groups -OCH3 is 2. The number of aromatic nitrogens is 12. The first-order valence-electron chi connectivity index (χ1n) is 17.0. The van der Waals surface area contributed by atoms with Gasteiger partial charge in [-0.05, 0) is 90.9 Å². The van der Waals surface area contributed by atoms with Gasteiger partial charge >= 0.3 is 0 Å². The summed E-state index contributed by atoms with van der Waals surface area (Å²) >= 11 is 0. The van der Waals surface area contributed by atoms with E-state index >= 15 is 0 Å². The highest BCUT2D eigenvalue weighted by Crippen LogP contribution is 2.30. The maximum absolute atomic E-state index is 13.4. The molecule has 0 amide bonds. The van der Waals surface area contributed by atoms with E-state index < -0.39 is 30.8 Å². The number of hydrogen-bond donors (Lipinski definition) is 3. The molecule has 5 aromatic heterocycles. The lowest BCUT2D eigenvalue weighted by atomic mass is 10.1. The first-order valence-corrected chi connectivity index (χ1v) is 20.0. The van der Waals surface area contributed by atoms with Crippen molar-refractivity contribution < 1.29 is 26.3 Å². The van der Waals surface area contributed by atoms with Gasteiger partial charge in [-0.3, -0.25) is 9.59 Å². The van der Waals surface area contributed by atoms with Crippen molar-refractivity contribution in [3.8, 4) is 29.0 Å². The molecule has 296 valence electrons. The predicted molar refractivity (Wildman–Crippen MR) is 206 cm³/mol. The zero-order valence-electron chi connectivity index (χ0n) is 31.0. The van der Waals surface area contributed by atoms with Gasteiger partial charge in [-0.2, -0.15) is 20.4 Å². The minimum Gasteiger partial charge on any atom is -0.497 e. The van der Waals surface area contributed by atoms with Crippen LogP contribution in [0, 0.1) is 25.2 Å². The average Bonchev–Trinajstić information content (AvgIpc) is 4.02. The third-order valence-electron chi connectivity index (χ3n) is 9.25. The van der Waals surface area contributed by atoms with Crippen LogP contribution in [0.15, 0.2) is 102 Å². The van der Waals surface area contributed by atoms with Crippen molar-refractivity contribution in [1.82, 2.24) is 60.2 Å². The van der Waals surface area contributed by atoms with E-state index in [2.05, 4.69) is 51.2 Å². The number of H-pyrrole nitrogens is 3. The number of ether oxygens (including phenoxy) is 2. The summed E-state index contributed by atoms with van der Waals surface area (Å²) in [5.74, 6) is 1.33. The number of nitriles is 1. The molecule has 59 heavy (non-hydrogen) atoms. The number of hydrogen-bond acceptors (Lipinski definition) is 16. The fourth-order valence-corrected chi connectivity index (χ4v) is 9.35. The summed E-state index contributed by atoms with van der Waals surface area (Å²) in [5, 5.41) is 35.6. The molecule has 5 heterocycles. The second kappa shape index (κ2) is 14.3. The fraction of sp³-hybridized carbons (Fsp3) is 0.111. The Morgan fingerprint density at radius 3 is 1.61 bits per heavy atom. The van der Waals surface area contributed by atoms with Crippen LogP contribution in [0.25, 0.3) is 44.5 Å². The number of fused-ring (bicyclic) bond motifs is 6. The highest BCUT2D eigenvalue weighted by Gasteiger charge is 2.29. The molecule has 9 rings (SSSR count). The summed E-state index contributed by atoms with van der Waals surface area (Å²) in [5.41, 5.74) is 1.21. The third-order valence-corrected chi connectivity index (χ3v) is 12.9. The Hall–Kier alpha value is -7.84. The largest absolute Gasteiger partial charge is 0.497 e. The predicted octanol–water partition coefficient (Wildman–Crippen LogP) is 2.49. The van der Waals surface area contributed by atoms with Crippen molar-refractivity contribution in [3.05, 3.63) is 110 Å². The van der Waals surface area contributed by atoms with Crippen LogP contribution in [-0.2, 0) is 19.7 Å². The van der Waals surface area contributed by atoms with Gasteiger partial charge in [0.1, 0.15) is 11.5 Å². The molecule has 0 aliphatic carbocycles. The van der Waals surface area contributed by atoms with Crippen LogP contribution in [0.4, 0.5) is 0 Å². The summed E-state index contributed by atoms with van der Waals surface area (Å²) < 4.78 is 66.1. The summed E-state index contributed by atoms with van der Waals surface area (Å²) in [6, 6.07) is 20.4. The van der Waals surface area contributed by atoms with E-state index in [4.69, 9.17) is 14.7 Å². The quantitative estimate of drug-likeness (QED) is 0.208. The normalized spacial score (nSPS) is 11.8. The highest BCUT2D eigenvalue weighted by molar-refractivity contribution is 7.92. The summed E-state index contributed by atoms with van der Waals surface area (Å²) in [4.78, 5) is 32.8. The van der Waals surface area contributed by atoms with Gasteiger partial charge in [0.2, 0.25) is 35.6 Å². The van der Waals surface area contributed by atoms with Crippen molar-refractivity contribution in [1.29, 1.82) is 5.26 Å². The van der Waals surface area contributed by atoms with E-state index in [9.17, 15) is 26.4 Å². The van der Waals surface area contributed by atoms with Gasteiger partial charge in [-0.1, -0.05) is 0 Å². The van der Waals surface area contributed by atoms with Crippen LogP contribution in [0.1, 0.15) is 16.7 Å². The minimum atomic E-state index is -4.10. The van der Waals surface area contributed by atoms with Crippen LogP contribution >= 0.6 is 0 Å². The zero-order chi connectivity index (χ0) is 41.8. The van der Waals surface area contributed by atoms with E-state index in [-0.39, 0.29) is 31.1 Å². The molecule has 0 unspecified atom stereocenters. The molecule has 0 radical (unpaired) electrons. The molecule has 0 fully saturated rings. The van der Waals surface area contributed by atoms with Crippen molar-refractivity contribution >= 4 is 52.8 Å². The monoisotopic (exact) mass is 833 g/mol. The molecule has 0 spiro atoms. The molecule has 0 saturated heterocycles. The molecule has 9 aromatic rings. The number of tetrazole rings is 1. The lowest BCUT2D eigenvalue weighted by molar-refractivity contribution is 0.415. The molecule has 23 heteroatoms. The zero-order valence-corrected chi connectivity index (χ0v) is 32.6. The smallest absolute Gasteiger partial charge is 0.281 e. The van der Waals surface area contributed by atoms with E-state index in [1.807, 2.05) is 6.07 Å². The molecule has 0 saturated carbocycles. The van der Waals surface area contributed by atoms with Crippen LogP contribution in [0.2, 0.25) is 0 Å². The molecule has 4 aromatic carbocycles. The molecule has 0 bridgehead atoms. The molecular weight excluding hydrogens is 807 g/mol. The Morgan fingerprint density at radius 2 is 1.17 bits per heavy atom. The Morgan fingerprint density at radius 1 is 0.661 bits per heavy atom. The second-order valence-electron chi connectivity index (χ2n) is 12.8. The number of sulfone groups is 2. The number of nitrogens with one attached hydrogen (secondary N) is 3. The van der Waals surface area contributed by atoms with Crippen LogP contribution < -0.4 is 20.6 Å². The van der Waals surface area contributed by atoms with Gasteiger partial charge < -0.3 is 9.47 Å². The third kappa shape index (κ3) is 6.37. The fourth-order valence-electron chi connectivity index (χ4n) is 6.39. The van der Waals surface area contributed by atoms with Crippen molar-refractivity contribution in [2.24, 2.45) is 0 Å². The van der Waals surface area contributed by atoms with E-state index in [0.717, 1.165) is 0 Å². The highest BCUT2D eigenvalue weighted by atomic mass is 32.2. The Bertz CT molecular complexity index is 3550. The maximum atomic E-state index is 13.4. The molecule has 3 N–H and O–H groups in total. The van der Waals surface area contributed by atoms with Gasteiger partial charge in [0.15, 0.2) is 11.3 Å². The SMILES string of the molecule is COc1ccc2c(=O)nc3c(S(=O)(=O)c4ccc(-c5nn[nH]n5)cc4C)n[nH]n3c2c1.COc1ccc2c(=O)nc3c(S(=O)(=O)c4ccc(C#N)cc4C)n[nH]n3c2c1. The molecule has 0 aliphatic rings. The molecule has 0 aliphatic heterocycles. The number of benzene rings is 4. The number of aromatic amines is 3. The van der Waals surface area contributed by atoms with E-state index in [0.29, 0.717) is 61.4 Å². The van der Waals surface area contributed by atoms with Crippen LogP contribution in [0.3, 0.4) is 0 Å². The Balaban J connectivity index is 0.000000165. The van der Waals surface area contributed by atoms with Crippen molar-refractivity contribution in [2.45, 2.75) is 33.7 Å². The molecule has 0 atom stereocenters. The van der Waals surface area contributed by atoms with E-state index in [1.165, 1.54) is 47.5 Å². The van der Waals surface area contributed by atoms with Crippen LogP contribution in [0.5, 0.6) is 11.5 Å². The van der Waals surface area contributed by atoms with Gasteiger partial charge in [-0.25, -0.2) is 36.3 Å². The van der Waals surface area contributed by atoms with Gasteiger partial charge in [0, 0.05) is 17.7 Å². The average molecular weight is 834 g/mol. The van der Waals surface area contributed by atoms with Gasteiger partial charge in [0.05, 0.1) is 57.4 Å². The van der Waals surface area contributed by atoms with Crippen LogP contribution in [-0.4, -0.2) is 91.3 Å². The van der Waals surface area contributed by atoms with Crippen molar-refractivity contribution in [3.63, 3.8) is 0 Å². The first-order chi connectivity index (χ1) is 28.3. The topological polar surface area (TPSA) is 291 Å². The van der Waals surface area contributed by atoms with Gasteiger partial charge in [0.25, 0.3) is 11.1 Å². The first kappa shape index (κ1) is 38.1. The summed E-state index contributed by atoms with van der Waals surface area (Å²) in [6.45, 7) is 3.23. The van der Waals surface area contributed by atoms with Gasteiger partial charge in [-0.15, -0.1) is 20.4 Å². The number of aryl methyl sites for hydroxylation is 2. The van der Waals surface area contributed by atoms with Crippen molar-refractivity contribution in [2.75, 3.05) is 14.2 Å². The van der Waals surface area contributed by atoms with E-state index in [1.54, 1.807) is 62.4 Å².